The van der Waals surface area contributed by atoms with E-state index in [4.69, 9.17) is 9.84 Å². The molecule has 116 valence electrons. The van der Waals surface area contributed by atoms with E-state index in [-0.39, 0.29) is 6.03 Å². The zero-order valence-corrected chi connectivity index (χ0v) is 12.2. The van der Waals surface area contributed by atoms with Crippen LogP contribution in [0.4, 0.5) is 10.5 Å². The van der Waals surface area contributed by atoms with Crippen molar-refractivity contribution in [3.8, 4) is 5.75 Å². The molecule has 0 fully saturated rings. The second-order valence-corrected chi connectivity index (χ2v) is 4.62. The summed E-state index contributed by atoms with van der Waals surface area (Å²) >= 11 is 0. The lowest BCUT2D eigenvalue weighted by Gasteiger charge is -2.12. The molecule has 0 aromatic heterocycles. The van der Waals surface area contributed by atoms with Gasteiger partial charge in [-0.1, -0.05) is 38.3 Å². The van der Waals surface area contributed by atoms with E-state index in [9.17, 15) is 9.59 Å². The minimum absolute atomic E-state index is 0.321. The van der Waals surface area contributed by atoms with Gasteiger partial charge in [0, 0.05) is 6.54 Å². The number of urea groups is 1. The minimum Gasteiger partial charge on any atom is -0.480 e. The van der Waals surface area contributed by atoms with Crippen molar-refractivity contribution in [3.05, 3.63) is 24.3 Å². The number of hydrogen-bond acceptors (Lipinski definition) is 3. The minimum atomic E-state index is -1.06. The van der Waals surface area contributed by atoms with Gasteiger partial charge in [0.1, 0.15) is 5.75 Å². The van der Waals surface area contributed by atoms with Crippen LogP contribution in [0, 0.1) is 0 Å². The smallest absolute Gasteiger partial charge is 0.341 e. The van der Waals surface area contributed by atoms with Crippen molar-refractivity contribution < 1.29 is 19.4 Å². The van der Waals surface area contributed by atoms with Gasteiger partial charge in [0.2, 0.25) is 0 Å². The first kappa shape index (κ1) is 16.8. The number of carboxylic acids is 1. The molecule has 0 bridgehead atoms. The molecule has 0 aliphatic rings. The van der Waals surface area contributed by atoms with E-state index < -0.39 is 12.6 Å². The fraction of sp³-hybridized carbons (Fsp3) is 0.467. The number of para-hydroxylation sites is 2. The van der Waals surface area contributed by atoms with E-state index in [1.54, 1.807) is 24.3 Å². The molecule has 0 heterocycles. The molecule has 6 heteroatoms. The van der Waals surface area contributed by atoms with Crippen molar-refractivity contribution >= 4 is 17.7 Å². The first-order chi connectivity index (χ1) is 10.1. The van der Waals surface area contributed by atoms with Gasteiger partial charge in [0.15, 0.2) is 6.61 Å². The molecule has 1 rings (SSSR count). The normalized spacial score (nSPS) is 9.95. The lowest BCUT2D eigenvalue weighted by Crippen LogP contribution is -2.29. The second kappa shape index (κ2) is 9.63. The highest BCUT2D eigenvalue weighted by molar-refractivity contribution is 5.90. The maximum Gasteiger partial charge on any atom is 0.341 e. The molecule has 21 heavy (non-hydrogen) atoms. The molecule has 0 aliphatic heterocycles. The third kappa shape index (κ3) is 7.20. The van der Waals surface area contributed by atoms with E-state index in [1.165, 1.54) is 0 Å². The SMILES string of the molecule is CCCCCCNC(=O)Nc1ccccc1OCC(=O)O. The van der Waals surface area contributed by atoms with Crippen molar-refractivity contribution in [1.82, 2.24) is 5.32 Å². The van der Waals surface area contributed by atoms with Crippen molar-refractivity contribution in [2.24, 2.45) is 0 Å². The van der Waals surface area contributed by atoms with Crippen LogP contribution in [0.5, 0.6) is 5.75 Å². The molecular weight excluding hydrogens is 272 g/mol. The Morgan fingerprint density at radius 2 is 1.95 bits per heavy atom. The van der Waals surface area contributed by atoms with Crippen molar-refractivity contribution in [2.75, 3.05) is 18.5 Å². The molecule has 0 aliphatic carbocycles. The van der Waals surface area contributed by atoms with E-state index >= 15 is 0 Å². The summed E-state index contributed by atoms with van der Waals surface area (Å²) in [5, 5.41) is 14.0. The number of anilines is 1. The van der Waals surface area contributed by atoms with Crippen LogP contribution < -0.4 is 15.4 Å². The maximum absolute atomic E-state index is 11.7. The standard InChI is InChI=1S/C15H22N2O4/c1-2-3-4-7-10-16-15(20)17-12-8-5-6-9-13(12)21-11-14(18)19/h5-6,8-9H,2-4,7,10-11H2,1H3,(H,18,19)(H2,16,17,20). The third-order valence-electron chi connectivity index (χ3n) is 2.80. The molecule has 6 nitrogen and oxygen atoms in total. The van der Waals surface area contributed by atoms with Crippen LogP contribution in [0.25, 0.3) is 0 Å². The average molecular weight is 294 g/mol. The van der Waals surface area contributed by atoms with Crippen molar-refractivity contribution in [1.29, 1.82) is 0 Å². The zero-order valence-electron chi connectivity index (χ0n) is 12.2. The van der Waals surface area contributed by atoms with Crippen LogP contribution in [0.15, 0.2) is 24.3 Å². The summed E-state index contributed by atoms with van der Waals surface area (Å²) in [6, 6.07) is 6.40. The Balaban J connectivity index is 2.42. The van der Waals surface area contributed by atoms with Gasteiger partial charge < -0.3 is 20.5 Å². The van der Waals surface area contributed by atoms with Gasteiger partial charge in [0.25, 0.3) is 0 Å². The molecule has 0 saturated carbocycles. The van der Waals surface area contributed by atoms with E-state index in [0.717, 1.165) is 25.7 Å². The lowest BCUT2D eigenvalue weighted by molar-refractivity contribution is -0.139. The highest BCUT2D eigenvalue weighted by atomic mass is 16.5. The molecule has 0 spiro atoms. The Kier molecular flexibility index (Phi) is 7.71. The molecule has 1 aromatic carbocycles. The van der Waals surface area contributed by atoms with Crippen molar-refractivity contribution in [2.45, 2.75) is 32.6 Å². The number of benzene rings is 1. The topological polar surface area (TPSA) is 87.7 Å². The number of carbonyl (C=O) groups excluding carboxylic acids is 1. The van der Waals surface area contributed by atoms with E-state index in [2.05, 4.69) is 17.6 Å². The van der Waals surface area contributed by atoms with Gasteiger partial charge in [0.05, 0.1) is 5.69 Å². The Labute approximate surface area is 124 Å². The zero-order chi connectivity index (χ0) is 15.5. The number of carboxylic acid groups (broad SMARTS) is 1. The number of nitrogens with one attached hydrogen (secondary N) is 2. The maximum atomic E-state index is 11.7. The Morgan fingerprint density at radius 3 is 2.67 bits per heavy atom. The fourth-order valence-electron chi connectivity index (χ4n) is 1.76. The van der Waals surface area contributed by atoms with Gasteiger partial charge in [-0.15, -0.1) is 0 Å². The summed E-state index contributed by atoms with van der Waals surface area (Å²) in [5.74, 6) is -0.730. The molecule has 2 amide bonds. The monoisotopic (exact) mass is 294 g/mol. The Morgan fingerprint density at radius 1 is 1.19 bits per heavy atom. The molecule has 0 unspecified atom stereocenters. The molecule has 0 saturated heterocycles. The Bertz CT molecular complexity index is 463. The average Bonchev–Trinajstić information content (AvgIpc) is 2.46. The quantitative estimate of drug-likeness (QED) is 0.611. The molecule has 0 radical (unpaired) electrons. The van der Waals surface area contributed by atoms with Crippen LogP contribution >= 0.6 is 0 Å². The second-order valence-electron chi connectivity index (χ2n) is 4.62. The van der Waals surface area contributed by atoms with Crippen LogP contribution in [0.3, 0.4) is 0 Å². The molecular formula is C15H22N2O4. The summed E-state index contributed by atoms with van der Waals surface area (Å²) in [6.45, 7) is 2.30. The van der Waals surface area contributed by atoms with E-state index in [0.29, 0.717) is 18.0 Å². The number of aliphatic carboxylic acids is 1. The van der Waals surface area contributed by atoms with Gasteiger partial charge in [-0.3, -0.25) is 0 Å². The number of ether oxygens (including phenoxy) is 1. The predicted molar refractivity (Wildman–Crippen MR) is 80.7 cm³/mol. The highest BCUT2D eigenvalue weighted by Gasteiger charge is 2.08. The van der Waals surface area contributed by atoms with Gasteiger partial charge in [-0.2, -0.15) is 0 Å². The summed E-state index contributed by atoms with van der Waals surface area (Å²) in [4.78, 5) is 22.3. The number of rotatable bonds is 9. The van der Waals surface area contributed by atoms with Crippen LogP contribution in [-0.2, 0) is 4.79 Å². The predicted octanol–water partition coefficient (Wildman–Crippen LogP) is 2.85. The summed E-state index contributed by atoms with van der Waals surface area (Å²) in [7, 11) is 0. The van der Waals surface area contributed by atoms with E-state index in [1.807, 2.05) is 0 Å². The third-order valence-corrected chi connectivity index (χ3v) is 2.80. The van der Waals surface area contributed by atoms with Crippen LogP contribution in [-0.4, -0.2) is 30.3 Å². The van der Waals surface area contributed by atoms with Crippen LogP contribution in [0.2, 0.25) is 0 Å². The summed E-state index contributed by atoms with van der Waals surface area (Å²) in [6.07, 6.45) is 4.35. The fourth-order valence-corrected chi connectivity index (χ4v) is 1.76. The number of amides is 2. The van der Waals surface area contributed by atoms with Crippen molar-refractivity contribution in [3.63, 3.8) is 0 Å². The van der Waals surface area contributed by atoms with Gasteiger partial charge in [-0.05, 0) is 18.6 Å². The van der Waals surface area contributed by atoms with Gasteiger partial charge >= 0.3 is 12.0 Å². The Hall–Kier alpha value is -2.24. The number of unbranched alkanes of at least 4 members (excludes halogenated alkanes) is 3. The van der Waals surface area contributed by atoms with Gasteiger partial charge in [-0.25, -0.2) is 9.59 Å². The number of carbonyl (C=O) groups is 2. The molecule has 0 atom stereocenters. The highest BCUT2D eigenvalue weighted by Crippen LogP contribution is 2.23. The molecule has 1 aromatic rings. The summed E-state index contributed by atoms with van der Waals surface area (Å²) < 4.78 is 5.11. The first-order valence-electron chi connectivity index (χ1n) is 7.12. The lowest BCUT2D eigenvalue weighted by atomic mass is 10.2. The molecule has 3 N–H and O–H groups in total. The largest absolute Gasteiger partial charge is 0.480 e. The first-order valence-corrected chi connectivity index (χ1v) is 7.12. The summed E-state index contributed by atoms with van der Waals surface area (Å²) in [5.41, 5.74) is 0.449. The number of hydrogen-bond donors (Lipinski definition) is 3. The van der Waals surface area contributed by atoms with Crippen LogP contribution in [0.1, 0.15) is 32.6 Å².